The van der Waals surface area contributed by atoms with Gasteiger partial charge in [0, 0.05) is 18.7 Å². The first-order valence-electron chi connectivity index (χ1n) is 7.35. The Morgan fingerprint density at radius 2 is 1.84 bits per heavy atom. The van der Waals surface area contributed by atoms with Gasteiger partial charge in [-0.05, 0) is 30.2 Å². The average molecular weight is 344 g/mol. The number of carboxylic acids is 1. The van der Waals surface area contributed by atoms with E-state index < -0.39 is 22.4 Å². The van der Waals surface area contributed by atoms with Gasteiger partial charge in [0.15, 0.2) is 0 Å². The first-order chi connectivity index (χ1) is 11.9. The van der Waals surface area contributed by atoms with Gasteiger partial charge < -0.3 is 15.2 Å². The monoisotopic (exact) mass is 344 g/mol. The first kappa shape index (κ1) is 17.9. The fraction of sp³-hybridized carbons (Fsp3) is 0.176. The van der Waals surface area contributed by atoms with Crippen molar-refractivity contribution in [3.05, 3.63) is 69.3 Å². The molecule has 0 radical (unpaired) electrons. The van der Waals surface area contributed by atoms with Crippen LogP contribution >= 0.6 is 0 Å². The van der Waals surface area contributed by atoms with Crippen molar-refractivity contribution < 1.29 is 24.4 Å². The lowest BCUT2D eigenvalue weighted by atomic mass is 10.1. The summed E-state index contributed by atoms with van der Waals surface area (Å²) in [6.45, 7) is 0.293. The smallest absolute Gasteiger partial charge is 0.336 e. The third kappa shape index (κ3) is 4.54. The molecule has 2 rings (SSSR count). The van der Waals surface area contributed by atoms with Crippen LogP contribution in [0.3, 0.4) is 0 Å². The number of nitro benzene ring substituents is 1. The van der Waals surface area contributed by atoms with Gasteiger partial charge in [0.05, 0.1) is 23.2 Å². The summed E-state index contributed by atoms with van der Waals surface area (Å²) in [6.07, 6.45) is 0.547. The number of non-ortho nitro benzene ring substituents is 1. The maximum absolute atomic E-state index is 12.2. The number of carboxylic acid groups (broad SMARTS) is 1. The molecule has 0 unspecified atom stereocenters. The van der Waals surface area contributed by atoms with E-state index in [1.165, 1.54) is 0 Å². The van der Waals surface area contributed by atoms with E-state index in [0.29, 0.717) is 13.0 Å². The number of ether oxygens (including phenoxy) is 1. The van der Waals surface area contributed by atoms with Gasteiger partial charge in [-0.1, -0.05) is 12.1 Å². The molecule has 0 aromatic heterocycles. The Bertz CT molecular complexity index is 801. The Morgan fingerprint density at radius 3 is 2.40 bits per heavy atom. The van der Waals surface area contributed by atoms with E-state index in [0.717, 1.165) is 29.5 Å². The molecular formula is C17H16N2O6. The largest absolute Gasteiger partial charge is 0.497 e. The number of amides is 1. The summed E-state index contributed by atoms with van der Waals surface area (Å²) in [5.74, 6) is -1.27. The summed E-state index contributed by atoms with van der Waals surface area (Å²) >= 11 is 0. The van der Waals surface area contributed by atoms with E-state index >= 15 is 0 Å². The van der Waals surface area contributed by atoms with Gasteiger partial charge in [-0.3, -0.25) is 14.9 Å². The minimum Gasteiger partial charge on any atom is -0.497 e. The van der Waals surface area contributed by atoms with Crippen LogP contribution in [0.15, 0.2) is 42.5 Å². The molecule has 2 N–H and O–H groups in total. The molecule has 0 spiro atoms. The standard InChI is InChI=1S/C17H16N2O6/c1-25-13-5-2-11(3-6-13)8-9-18-16(20)14-7-4-12(19(23)24)10-15(14)17(21)22/h2-7,10H,8-9H2,1H3,(H,18,20)(H,21,22). The van der Waals surface area contributed by atoms with Crippen molar-refractivity contribution in [1.82, 2.24) is 5.32 Å². The van der Waals surface area contributed by atoms with E-state index in [2.05, 4.69) is 5.32 Å². The van der Waals surface area contributed by atoms with Crippen molar-refractivity contribution >= 4 is 17.6 Å². The number of benzene rings is 2. The molecule has 25 heavy (non-hydrogen) atoms. The van der Waals surface area contributed by atoms with Crippen LogP contribution in [-0.2, 0) is 6.42 Å². The van der Waals surface area contributed by atoms with Gasteiger partial charge in [0.2, 0.25) is 0 Å². The lowest BCUT2D eigenvalue weighted by Gasteiger charge is -2.08. The maximum Gasteiger partial charge on any atom is 0.336 e. The van der Waals surface area contributed by atoms with E-state index in [1.54, 1.807) is 19.2 Å². The number of hydrogen-bond donors (Lipinski definition) is 2. The number of aromatic carboxylic acids is 1. The summed E-state index contributed by atoms with van der Waals surface area (Å²) < 4.78 is 5.06. The van der Waals surface area contributed by atoms with Crippen LogP contribution in [0.4, 0.5) is 5.69 Å². The minimum atomic E-state index is -1.40. The molecule has 2 aromatic carbocycles. The molecule has 0 aliphatic heterocycles. The molecule has 0 bridgehead atoms. The van der Waals surface area contributed by atoms with Crippen molar-refractivity contribution in [2.45, 2.75) is 6.42 Å². The molecule has 1 amide bonds. The second kappa shape index (κ2) is 7.91. The predicted octanol–water partition coefficient (Wildman–Crippen LogP) is 2.27. The lowest BCUT2D eigenvalue weighted by Crippen LogP contribution is -2.27. The summed E-state index contributed by atoms with van der Waals surface area (Å²) in [4.78, 5) is 33.4. The average Bonchev–Trinajstić information content (AvgIpc) is 2.61. The second-order valence-electron chi connectivity index (χ2n) is 5.15. The molecule has 0 fully saturated rings. The second-order valence-corrected chi connectivity index (χ2v) is 5.15. The number of methoxy groups -OCH3 is 1. The molecule has 0 aliphatic carbocycles. The predicted molar refractivity (Wildman–Crippen MR) is 89.1 cm³/mol. The molecule has 8 heteroatoms. The zero-order valence-corrected chi connectivity index (χ0v) is 13.4. The lowest BCUT2D eigenvalue weighted by molar-refractivity contribution is -0.384. The molecule has 0 saturated carbocycles. The quantitative estimate of drug-likeness (QED) is 0.587. The number of carbonyl (C=O) groups excluding carboxylic acids is 1. The highest BCUT2D eigenvalue weighted by atomic mass is 16.6. The van der Waals surface area contributed by atoms with Crippen LogP contribution in [0.25, 0.3) is 0 Å². The summed E-state index contributed by atoms with van der Waals surface area (Å²) in [6, 6.07) is 10.4. The number of nitrogens with one attached hydrogen (secondary N) is 1. The fourth-order valence-electron chi connectivity index (χ4n) is 2.23. The molecule has 0 saturated heterocycles. The minimum absolute atomic E-state index is 0.118. The number of carbonyl (C=O) groups is 2. The third-order valence-electron chi connectivity index (χ3n) is 3.55. The van der Waals surface area contributed by atoms with Crippen molar-refractivity contribution in [2.24, 2.45) is 0 Å². The van der Waals surface area contributed by atoms with Crippen molar-refractivity contribution in [3.63, 3.8) is 0 Å². The van der Waals surface area contributed by atoms with Crippen LogP contribution in [-0.4, -0.2) is 35.6 Å². The van der Waals surface area contributed by atoms with Crippen LogP contribution in [0.2, 0.25) is 0 Å². The molecule has 0 atom stereocenters. The number of rotatable bonds is 7. The number of hydrogen-bond acceptors (Lipinski definition) is 5. The van der Waals surface area contributed by atoms with Gasteiger partial charge in [-0.15, -0.1) is 0 Å². The Balaban J connectivity index is 2.04. The Morgan fingerprint density at radius 1 is 1.16 bits per heavy atom. The van der Waals surface area contributed by atoms with Crippen LogP contribution in [0.1, 0.15) is 26.3 Å². The highest BCUT2D eigenvalue weighted by Gasteiger charge is 2.20. The highest BCUT2D eigenvalue weighted by molar-refractivity contribution is 6.05. The Kier molecular flexibility index (Phi) is 5.67. The van der Waals surface area contributed by atoms with Gasteiger partial charge >= 0.3 is 5.97 Å². The zero-order chi connectivity index (χ0) is 18.4. The third-order valence-corrected chi connectivity index (χ3v) is 3.55. The van der Waals surface area contributed by atoms with Gasteiger partial charge in [-0.2, -0.15) is 0 Å². The van der Waals surface area contributed by atoms with Gasteiger partial charge in [-0.25, -0.2) is 4.79 Å². The van der Waals surface area contributed by atoms with Crippen molar-refractivity contribution in [1.29, 1.82) is 0 Å². The zero-order valence-electron chi connectivity index (χ0n) is 13.4. The fourth-order valence-corrected chi connectivity index (χ4v) is 2.23. The molecule has 0 aliphatic rings. The Labute approximate surface area is 143 Å². The van der Waals surface area contributed by atoms with E-state index in [4.69, 9.17) is 9.84 Å². The number of nitro groups is 1. The van der Waals surface area contributed by atoms with E-state index in [1.807, 2.05) is 12.1 Å². The molecule has 8 nitrogen and oxygen atoms in total. The van der Waals surface area contributed by atoms with Gasteiger partial charge in [0.25, 0.3) is 11.6 Å². The van der Waals surface area contributed by atoms with Gasteiger partial charge in [0.1, 0.15) is 5.75 Å². The van der Waals surface area contributed by atoms with Crippen LogP contribution in [0.5, 0.6) is 5.75 Å². The molecule has 0 heterocycles. The molecule has 2 aromatic rings. The normalized spacial score (nSPS) is 10.1. The highest BCUT2D eigenvalue weighted by Crippen LogP contribution is 2.18. The molecular weight excluding hydrogens is 328 g/mol. The summed E-state index contributed by atoms with van der Waals surface area (Å²) in [7, 11) is 1.57. The van der Waals surface area contributed by atoms with E-state index in [9.17, 15) is 19.7 Å². The van der Waals surface area contributed by atoms with Crippen LogP contribution in [0, 0.1) is 10.1 Å². The summed E-state index contributed by atoms with van der Waals surface area (Å²) in [5.41, 5.74) is 0.0689. The van der Waals surface area contributed by atoms with Crippen molar-refractivity contribution in [3.8, 4) is 5.75 Å². The maximum atomic E-state index is 12.2. The molecule has 130 valence electrons. The SMILES string of the molecule is COc1ccc(CCNC(=O)c2ccc([N+](=O)[O-])cc2C(=O)O)cc1. The van der Waals surface area contributed by atoms with Crippen LogP contribution < -0.4 is 10.1 Å². The topological polar surface area (TPSA) is 119 Å². The van der Waals surface area contributed by atoms with E-state index in [-0.39, 0.29) is 11.3 Å². The summed E-state index contributed by atoms with van der Waals surface area (Å²) in [5, 5.41) is 22.5. The number of nitrogens with zero attached hydrogens (tertiary/aromatic N) is 1. The van der Waals surface area contributed by atoms with Crippen molar-refractivity contribution in [2.75, 3.05) is 13.7 Å². The Hall–Kier alpha value is -3.42. The first-order valence-corrected chi connectivity index (χ1v) is 7.35.